The Morgan fingerprint density at radius 3 is 2.39 bits per heavy atom. The summed E-state index contributed by atoms with van der Waals surface area (Å²) in [6, 6.07) is 3.82. The summed E-state index contributed by atoms with van der Waals surface area (Å²) in [7, 11) is -3.94. The van der Waals surface area contributed by atoms with Crippen molar-refractivity contribution in [2.75, 3.05) is 18.9 Å². The zero-order valence-corrected chi connectivity index (χ0v) is 34.6. The van der Waals surface area contributed by atoms with Crippen LogP contribution in [0.15, 0.2) is 18.2 Å². The van der Waals surface area contributed by atoms with Crippen LogP contribution < -0.4 is 15.4 Å². The average molecular weight is 800 g/mol. The molecule has 56 heavy (non-hydrogen) atoms. The second-order valence-electron chi connectivity index (χ2n) is 18.6. The van der Waals surface area contributed by atoms with Crippen molar-refractivity contribution in [3.63, 3.8) is 0 Å². The van der Waals surface area contributed by atoms with Gasteiger partial charge < -0.3 is 25.0 Å². The predicted octanol–water partition coefficient (Wildman–Crippen LogP) is 5.07. The van der Waals surface area contributed by atoms with Crippen LogP contribution in [0, 0.1) is 16.7 Å². The maximum atomic E-state index is 14.6. The largest absolute Gasteiger partial charge is 0.449 e. The minimum Gasteiger partial charge on any atom is -0.449 e. The van der Waals surface area contributed by atoms with Gasteiger partial charge in [-0.05, 0) is 78.4 Å². The SMILES string of the molecule is CC1(C)CCCCc2cccc3c2CN(C3)C(=O)O[C@@H]2C[C@@H](C(=O)N[C@]34CC[C@H]3CCCCCCCS(=O)(=O)NC4=O)N(C2)C(=O)[C@H](C(C)(C)C)NC(=O)OC1. The van der Waals surface area contributed by atoms with Crippen LogP contribution in [-0.4, -0.2) is 90.8 Å². The highest BCUT2D eigenvalue weighted by molar-refractivity contribution is 7.90. The lowest BCUT2D eigenvalue weighted by Gasteiger charge is -2.49. The fraction of sp³-hybridized carbons (Fsp3) is 0.732. The summed E-state index contributed by atoms with van der Waals surface area (Å²) in [4.78, 5) is 73.2. The van der Waals surface area contributed by atoms with Crippen molar-refractivity contribution < 1.29 is 41.9 Å². The molecule has 4 aliphatic heterocycles. The van der Waals surface area contributed by atoms with Crippen molar-refractivity contribution in [3.05, 3.63) is 34.9 Å². The Hall–Kier alpha value is -3.88. The standard InChI is InChI=1S/C41H61N5O9S/c1-39(2,3)33-35(48)46-24-30(22-32(46)34(47)43-41-20-18-29(41)17-9-7-6-8-12-21-56(52,53)44-36(41)49)55-38(51)45-23-28-16-13-15-27(31(28)25-45)14-10-11-19-40(4,5)26-54-37(50)42-33/h13,15-16,29-30,32-33H,6-12,14,17-26H2,1-5H3,(H,42,50)(H,43,47)(H,44,49)/t29-,30-,32+,33-,41-/m1/s1. The number of nitrogens with one attached hydrogen (secondary N) is 3. The smallest absolute Gasteiger partial charge is 0.410 e. The first kappa shape index (κ1) is 41.7. The second-order valence-corrected chi connectivity index (χ2v) is 20.4. The fourth-order valence-corrected chi connectivity index (χ4v) is 10.2. The Kier molecular flexibility index (Phi) is 12.3. The van der Waals surface area contributed by atoms with Gasteiger partial charge in [-0.15, -0.1) is 0 Å². The third kappa shape index (κ3) is 9.45. The molecule has 0 aromatic heterocycles. The maximum absolute atomic E-state index is 14.6. The molecule has 15 heteroatoms. The van der Waals surface area contributed by atoms with Crippen LogP contribution in [0.1, 0.15) is 128 Å². The van der Waals surface area contributed by atoms with E-state index in [2.05, 4.69) is 21.4 Å². The number of hydrogen-bond acceptors (Lipinski definition) is 9. The van der Waals surface area contributed by atoms with Crippen LogP contribution in [0.25, 0.3) is 0 Å². The third-order valence-electron chi connectivity index (χ3n) is 12.5. The summed E-state index contributed by atoms with van der Waals surface area (Å²) in [6.07, 6.45) is 6.58. The molecule has 1 aromatic carbocycles. The number of rotatable bonds is 2. The molecule has 5 amide bonds. The third-order valence-corrected chi connectivity index (χ3v) is 13.8. The monoisotopic (exact) mass is 799 g/mol. The lowest BCUT2D eigenvalue weighted by molar-refractivity contribution is -0.146. The van der Waals surface area contributed by atoms with Gasteiger partial charge in [0.25, 0.3) is 5.91 Å². The van der Waals surface area contributed by atoms with Crippen LogP contribution in [0.2, 0.25) is 0 Å². The Morgan fingerprint density at radius 2 is 1.66 bits per heavy atom. The first-order valence-corrected chi connectivity index (χ1v) is 22.2. The van der Waals surface area contributed by atoms with Crippen molar-refractivity contribution in [2.45, 2.75) is 155 Å². The van der Waals surface area contributed by atoms with E-state index in [1.165, 1.54) is 10.5 Å². The molecular formula is C41H61N5O9S. The molecule has 0 spiro atoms. The molecular weight excluding hydrogens is 739 g/mol. The molecule has 0 radical (unpaired) electrons. The molecule has 310 valence electrons. The average Bonchev–Trinajstić information content (AvgIpc) is 3.75. The van der Waals surface area contributed by atoms with Crippen molar-refractivity contribution in [2.24, 2.45) is 16.7 Å². The molecule has 3 fully saturated rings. The van der Waals surface area contributed by atoms with Crippen molar-refractivity contribution in [1.29, 1.82) is 0 Å². The molecule has 5 atom stereocenters. The van der Waals surface area contributed by atoms with Gasteiger partial charge in [0, 0.05) is 19.5 Å². The summed E-state index contributed by atoms with van der Waals surface area (Å²) in [5, 5.41) is 5.72. The van der Waals surface area contributed by atoms with Gasteiger partial charge in [0.05, 0.1) is 18.9 Å². The minimum absolute atomic E-state index is 0.0501. The van der Waals surface area contributed by atoms with E-state index in [9.17, 15) is 32.4 Å². The van der Waals surface area contributed by atoms with E-state index < -0.39 is 69.1 Å². The van der Waals surface area contributed by atoms with E-state index in [-0.39, 0.29) is 43.1 Å². The number of alkyl carbamates (subject to hydrolysis) is 1. The van der Waals surface area contributed by atoms with E-state index in [1.54, 1.807) is 25.7 Å². The van der Waals surface area contributed by atoms with Crippen LogP contribution in [0.4, 0.5) is 9.59 Å². The number of carbonyl (C=O) groups is 5. The number of carbonyl (C=O) groups excluding carboxylic acids is 5. The molecule has 4 bridgehead atoms. The summed E-state index contributed by atoms with van der Waals surface area (Å²) >= 11 is 0. The number of amides is 5. The molecule has 1 aromatic rings. The number of benzene rings is 1. The molecule has 0 unspecified atom stereocenters. The summed E-state index contributed by atoms with van der Waals surface area (Å²) in [6.45, 7) is 10.3. The number of fused-ring (bicyclic) bond motifs is 4. The van der Waals surface area contributed by atoms with E-state index in [0.717, 1.165) is 62.5 Å². The van der Waals surface area contributed by atoms with Gasteiger partial charge in [-0.1, -0.05) is 84.9 Å². The lowest BCUT2D eigenvalue weighted by atomic mass is 9.63. The summed E-state index contributed by atoms with van der Waals surface area (Å²) in [5.41, 5.74) is 0.731. The number of aryl methyl sites for hydroxylation is 1. The molecule has 14 nitrogen and oxygen atoms in total. The number of sulfonamides is 1. The Balaban J connectivity index is 1.30. The van der Waals surface area contributed by atoms with Gasteiger partial charge >= 0.3 is 12.2 Å². The molecule has 5 aliphatic rings. The predicted molar refractivity (Wildman–Crippen MR) is 208 cm³/mol. The van der Waals surface area contributed by atoms with Gasteiger partial charge in [-0.2, -0.15) is 0 Å². The zero-order valence-electron chi connectivity index (χ0n) is 33.7. The quantitative estimate of drug-likeness (QED) is 0.368. The van der Waals surface area contributed by atoms with Crippen molar-refractivity contribution >= 4 is 39.9 Å². The lowest BCUT2D eigenvalue weighted by Crippen LogP contribution is -2.70. The van der Waals surface area contributed by atoms with Gasteiger partial charge in [0.15, 0.2) is 0 Å². The number of hydrogen-bond donors (Lipinski definition) is 3. The van der Waals surface area contributed by atoms with E-state index >= 15 is 0 Å². The highest BCUT2D eigenvalue weighted by Gasteiger charge is 2.56. The minimum atomic E-state index is -3.94. The van der Waals surface area contributed by atoms with Crippen LogP contribution >= 0.6 is 0 Å². The molecule has 1 saturated carbocycles. The van der Waals surface area contributed by atoms with Crippen molar-refractivity contribution in [1.82, 2.24) is 25.2 Å². The molecule has 2 saturated heterocycles. The number of ether oxygens (including phenoxy) is 2. The molecule has 3 N–H and O–H groups in total. The zero-order chi connectivity index (χ0) is 40.5. The summed E-state index contributed by atoms with van der Waals surface area (Å²) < 4.78 is 39.9. The van der Waals surface area contributed by atoms with Crippen molar-refractivity contribution in [3.8, 4) is 0 Å². The first-order chi connectivity index (χ1) is 26.4. The highest BCUT2D eigenvalue weighted by atomic mass is 32.2. The Labute approximate surface area is 331 Å². The Morgan fingerprint density at radius 1 is 0.929 bits per heavy atom. The van der Waals surface area contributed by atoms with Crippen LogP contribution in [0.3, 0.4) is 0 Å². The van der Waals surface area contributed by atoms with Gasteiger partial charge in [-0.25, -0.2) is 18.0 Å². The molecule has 1 aliphatic carbocycles. The molecule has 6 rings (SSSR count). The number of cyclic esters (lactones) is 1. The van der Waals surface area contributed by atoms with E-state index in [4.69, 9.17) is 9.47 Å². The first-order valence-electron chi connectivity index (χ1n) is 20.5. The van der Waals surface area contributed by atoms with Gasteiger partial charge in [0.1, 0.15) is 23.7 Å². The number of nitrogens with zero attached hydrogens (tertiary/aromatic N) is 2. The topological polar surface area (TPSA) is 181 Å². The van der Waals surface area contributed by atoms with E-state index in [1.807, 2.05) is 26.0 Å². The fourth-order valence-electron chi connectivity index (χ4n) is 9.02. The Bertz CT molecular complexity index is 1790. The highest BCUT2D eigenvalue weighted by Crippen LogP contribution is 2.43. The van der Waals surface area contributed by atoms with Gasteiger partial charge in [-0.3, -0.25) is 24.0 Å². The molecule has 4 heterocycles. The second kappa shape index (κ2) is 16.5. The normalized spacial score (nSPS) is 30.5. The van der Waals surface area contributed by atoms with Gasteiger partial charge in [0.2, 0.25) is 21.8 Å². The summed E-state index contributed by atoms with van der Waals surface area (Å²) in [5.74, 6) is -2.45. The van der Waals surface area contributed by atoms with Crippen LogP contribution in [-0.2, 0) is 53.4 Å². The van der Waals surface area contributed by atoms with Crippen LogP contribution in [0.5, 0.6) is 0 Å². The van der Waals surface area contributed by atoms with E-state index in [0.29, 0.717) is 32.4 Å². The maximum Gasteiger partial charge on any atom is 0.410 e.